The van der Waals surface area contributed by atoms with E-state index in [1.54, 1.807) is 6.08 Å². The molecular formula is C87H149NO8. The summed E-state index contributed by atoms with van der Waals surface area (Å²) in [5.74, 6) is -0.193. The molecule has 7 unspecified atom stereocenters. The number of hydrogen-bond donors (Lipinski definition) is 6. The predicted octanol–water partition coefficient (Wildman–Crippen LogP) is 23.3. The van der Waals surface area contributed by atoms with Crippen molar-refractivity contribution < 1.29 is 39.8 Å². The maximum absolute atomic E-state index is 13.2. The zero-order valence-electron chi connectivity index (χ0n) is 61.8. The fraction of sp³-hybridized carbons (Fsp3) is 0.713. The molecule has 0 aromatic heterocycles. The second kappa shape index (κ2) is 73.8. The third-order valence-electron chi connectivity index (χ3n) is 18.1. The minimum atomic E-state index is -1.58. The summed E-state index contributed by atoms with van der Waals surface area (Å²) in [4.78, 5) is 13.2. The molecule has 0 aromatic rings. The van der Waals surface area contributed by atoms with Crippen molar-refractivity contribution in [2.75, 3.05) is 13.2 Å². The summed E-state index contributed by atoms with van der Waals surface area (Å²) in [6.07, 6.45) is 107. The fourth-order valence-corrected chi connectivity index (χ4v) is 12.0. The van der Waals surface area contributed by atoms with Gasteiger partial charge in [0.05, 0.1) is 25.4 Å². The summed E-state index contributed by atoms with van der Waals surface area (Å²) >= 11 is 0. The van der Waals surface area contributed by atoms with Crippen LogP contribution in [0, 0.1) is 0 Å². The molecule has 1 aliphatic heterocycles. The smallest absolute Gasteiger partial charge is 0.220 e. The summed E-state index contributed by atoms with van der Waals surface area (Å²) in [7, 11) is 0. The lowest BCUT2D eigenvalue weighted by Crippen LogP contribution is -2.60. The van der Waals surface area contributed by atoms with Crippen LogP contribution in [0.25, 0.3) is 0 Å². The molecule has 7 atom stereocenters. The van der Waals surface area contributed by atoms with Crippen LogP contribution in [0.3, 0.4) is 0 Å². The Bertz CT molecular complexity index is 2040. The van der Waals surface area contributed by atoms with Crippen LogP contribution in [0.15, 0.2) is 146 Å². The summed E-state index contributed by atoms with van der Waals surface area (Å²) in [6, 6.07) is -0.836. The van der Waals surface area contributed by atoms with Gasteiger partial charge in [0.25, 0.3) is 0 Å². The fourth-order valence-electron chi connectivity index (χ4n) is 12.0. The van der Waals surface area contributed by atoms with Crippen LogP contribution in [0.4, 0.5) is 0 Å². The number of aliphatic hydroxyl groups excluding tert-OH is 5. The van der Waals surface area contributed by atoms with Gasteiger partial charge in [0.2, 0.25) is 5.91 Å². The van der Waals surface area contributed by atoms with E-state index in [0.29, 0.717) is 6.42 Å². The molecule has 550 valence electrons. The first-order chi connectivity index (χ1) is 47.3. The Morgan fingerprint density at radius 1 is 0.365 bits per heavy atom. The van der Waals surface area contributed by atoms with E-state index in [0.717, 1.165) is 116 Å². The Kier molecular flexibility index (Phi) is 69.2. The first-order valence-corrected chi connectivity index (χ1v) is 40.1. The first-order valence-electron chi connectivity index (χ1n) is 40.1. The summed E-state index contributed by atoms with van der Waals surface area (Å²) in [5.41, 5.74) is 0. The van der Waals surface area contributed by atoms with Crippen molar-refractivity contribution >= 4 is 5.91 Å². The molecule has 0 saturated carbocycles. The van der Waals surface area contributed by atoms with Crippen molar-refractivity contribution in [2.45, 2.75) is 384 Å². The van der Waals surface area contributed by atoms with E-state index in [4.69, 9.17) is 9.47 Å². The number of hydrogen-bond acceptors (Lipinski definition) is 8. The van der Waals surface area contributed by atoms with Crippen molar-refractivity contribution in [3.05, 3.63) is 146 Å². The predicted molar refractivity (Wildman–Crippen MR) is 414 cm³/mol. The topological polar surface area (TPSA) is 149 Å². The van der Waals surface area contributed by atoms with Crippen molar-refractivity contribution in [3.8, 4) is 0 Å². The molecule has 9 nitrogen and oxygen atoms in total. The van der Waals surface area contributed by atoms with E-state index in [1.807, 2.05) is 6.08 Å². The Hall–Kier alpha value is -3.93. The molecule has 6 N–H and O–H groups in total. The van der Waals surface area contributed by atoms with E-state index in [-0.39, 0.29) is 12.5 Å². The van der Waals surface area contributed by atoms with E-state index in [2.05, 4.69) is 153 Å². The standard InChI is InChI=1S/C87H149NO8/c1-3-5-7-9-11-13-15-17-19-21-23-25-27-29-31-33-35-37-38-39-40-41-42-43-44-45-47-49-51-53-55-57-59-61-63-65-67-69-71-73-75-77-83(91)88-80(79-95-87-86(94)85(93)84(92)82(78-89)96-87)81(90)76-74-72-70-68-66-64-62-60-58-56-54-52-50-48-46-36-34-32-30-28-26-24-22-20-18-16-14-12-10-8-6-4-2/h5,7,11,13,17,19,23,25,29,31,35,37,39-40,42-43,45,47,51,53,66,68,74,76,80-82,84-87,89-90,92-94H,3-4,6,8-10,12,14-16,18,20-22,24,26-28,30,32-34,36,38,41,44,46,48-50,52,54-65,67,69-73,75,77-79H2,1-2H3,(H,88,91)/b7-5-,13-11-,19-17-,25-23-,31-29-,37-35-,40-39-,43-42-,47-45-,53-51-,68-66+,76-74+. The molecule has 1 aliphatic rings. The molecule has 0 radical (unpaired) electrons. The molecule has 0 spiro atoms. The highest BCUT2D eigenvalue weighted by Gasteiger charge is 2.44. The van der Waals surface area contributed by atoms with E-state index >= 15 is 0 Å². The minimum Gasteiger partial charge on any atom is -0.394 e. The van der Waals surface area contributed by atoms with Crippen LogP contribution in [0.1, 0.15) is 341 Å². The number of rotatable bonds is 69. The third kappa shape index (κ3) is 61.2. The van der Waals surface area contributed by atoms with Crippen LogP contribution in [0.2, 0.25) is 0 Å². The largest absolute Gasteiger partial charge is 0.394 e. The SMILES string of the molecule is CC/C=C\C/C=C\C/C=C\C/C=C\C/C=C\C/C=C\C/C=C\C/C=C\C/C=C\C/C=C\CCCCCCCCCCCCC(=O)NC(COC1OC(CO)C(O)C(O)C1O)C(O)/C=C/CC/C=C/CCCCCCCCCCCCCCCCCCCCCCCCCCCC. The minimum absolute atomic E-state index is 0.193. The molecule has 1 fully saturated rings. The average molecular weight is 1340 g/mol. The Morgan fingerprint density at radius 2 is 0.656 bits per heavy atom. The zero-order valence-corrected chi connectivity index (χ0v) is 61.8. The third-order valence-corrected chi connectivity index (χ3v) is 18.1. The molecule has 0 aromatic carbocycles. The van der Waals surface area contributed by atoms with Crippen LogP contribution in [-0.4, -0.2) is 87.5 Å². The van der Waals surface area contributed by atoms with Crippen LogP contribution < -0.4 is 5.32 Å². The summed E-state index contributed by atoms with van der Waals surface area (Å²) in [5, 5.41) is 54.9. The van der Waals surface area contributed by atoms with Gasteiger partial charge in [-0.3, -0.25) is 4.79 Å². The van der Waals surface area contributed by atoms with Crippen molar-refractivity contribution in [1.29, 1.82) is 0 Å². The van der Waals surface area contributed by atoms with Gasteiger partial charge in [-0.15, -0.1) is 0 Å². The molecule has 1 saturated heterocycles. The molecule has 9 heteroatoms. The molecule has 0 aliphatic carbocycles. The highest BCUT2D eigenvalue weighted by atomic mass is 16.7. The number of carbonyl (C=O) groups excluding carboxylic acids is 1. The van der Waals surface area contributed by atoms with Gasteiger partial charge in [-0.05, 0) is 109 Å². The Labute approximate surface area is 591 Å². The monoisotopic (exact) mass is 1340 g/mol. The maximum atomic E-state index is 13.2. The second-order valence-corrected chi connectivity index (χ2v) is 27.1. The van der Waals surface area contributed by atoms with Crippen molar-refractivity contribution in [1.82, 2.24) is 5.32 Å². The average Bonchev–Trinajstić information content (AvgIpc) is 0.840. The highest BCUT2D eigenvalue weighted by Crippen LogP contribution is 2.23. The molecule has 0 bridgehead atoms. The van der Waals surface area contributed by atoms with Gasteiger partial charge >= 0.3 is 0 Å². The molecular weight excluding hydrogens is 1190 g/mol. The number of allylic oxidation sites excluding steroid dienone is 23. The van der Waals surface area contributed by atoms with Gasteiger partial charge in [-0.1, -0.05) is 372 Å². The molecule has 1 heterocycles. The van der Waals surface area contributed by atoms with Gasteiger partial charge in [0.1, 0.15) is 24.4 Å². The van der Waals surface area contributed by atoms with Gasteiger partial charge < -0.3 is 40.3 Å². The van der Waals surface area contributed by atoms with E-state index in [9.17, 15) is 30.3 Å². The second-order valence-electron chi connectivity index (χ2n) is 27.1. The summed E-state index contributed by atoms with van der Waals surface area (Å²) < 4.78 is 11.3. The quantitative estimate of drug-likeness (QED) is 0.0261. The van der Waals surface area contributed by atoms with Crippen LogP contribution in [0.5, 0.6) is 0 Å². The first kappa shape index (κ1) is 90.1. The zero-order chi connectivity index (χ0) is 69.2. The Balaban J connectivity index is 2.13. The van der Waals surface area contributed by atoms with Crippen molar-refractivity contribution in [2.24, 2.45) is 0 Å². The number of carbonyl (C=O) groups is 1. The molecule has 1 rings (SSSR count). The van der Waals surface area contributed by atoms with E-state index in [1.165, 1.54) is 205 Å². The Morgan fingerprint density at radius 3 is 1.00 bits per heavy atom. The lowest BCUT2D eigenvalue weighted by atomic mass is 9.99. The van der Waals surface area contributed by atoms with Crippen LogP contribution >= 0.6 is 0 Å². The normalized spacial score (nSPS) is 18.3. The number of aliphatic hydroxyl groups is 5. The highest BCUT2D eigenvalue weighted by molar-refractivity contribution is 5.76. The number of ether oxygens (including phenoxy) is 2. The van der Waals surface area contributed by atoms with Gasteiger partial charge in [0.15, 0.2) is 6.29 Å². The maximum Gasteiger partial charge on any atom is 0.220 e. The summed E-state index contributed by atoms with van der Waals surface area (Å²) in [6.45, 7) is 3.68. The number of nitrogens with one attached hydrogen (secondary N) is 1. The lowest BCUT2D eigenvalue weighted by Gasteiger charge is -2.40. The number of unbranched alkanes of at least 4 members (excludes halogenated alkanes) is 37. The van der Waals surface area contributed by atoms with E-state index < -0.39 is 49.5 Å². The van der Waals surface area contributed by atoms with Gasteiger partial charge in [0, 0.05) is 6.42 Å². The van der Waals surface area contributed by atoms with Gasteiger partial charge in [-0.25, -0.2) is 0 Å². The van der Waals surface area contributed by atoms with Gasteiger partial charge in [-0.2, -0.15) is 0 Å². The van der Waals surface area contributed by atoms with Crippen LogP contribution in [-0.2, 0) is 14.3 Å². The lowest BCUT2D eigenvalue weighted by molar-refractivity contribution is -0.302. The molecule has 1 amide bonds. The number of amides is 1. The molecule has 96 heavy (non-hydrogen) atoms. The van der Waals surface area contributed by atoms with Crippen molar-refractivity contribution in [3.63, 3.8) is 0 Å².